The Morgan fingerprint density at radius 2 is 1.73 bits per heavy atom. The van der Waals surface area contributed by atoms with E-state index in [1.165, 1.54) is 13.0 Å². The van der Waals surface area contributed by atoms with Gasteiger partial charge in [0, 0.05) is 6.54 Å². The summed E-state index contributed by atoms with van der Waals surface area (Å²) in [6, 6.07) is 3.66. The first-order valence-corrected chi connectivity index (χ1v) is 10.1. The molecule has 0 aromatic heterocycles. The molecule has 7 nitrogen and oxygen atoms in total. The molecule has 1 amide bonds. The molecule has 0 heterocycles. The Kier molecular flexibility index (Phi) is 7.77. The summed E-state index contributed by atoms with van der Waals surface area (Å²) in [4.78, 5) is 24.2. The van der Waals surface area contributed by atoms with Crippen LogP contribution in [0.5, 0.6) is 0 Å². The van der Waals surface area contributed by atoms with Gasteiger partial charge >= 0.3 is 5.97 Å². The zero-order chi connectivity index (χ0) is 20.1. The van der Waals surface area contributed by atoms with Gasteiger partial charge in [0.05, 0.1) is 4.90 Å². The molecule has 8 heteroatoms. The topological polar surface area (TPSA) is 102 Å². The minimum Gasteiger partial charge on any atom is -0.451 e. The number of hydrogen-bond donors (Lipinski definition) is 2. The highest BCUT2D eigenvalue weighted by atomic mass is 32.2. The van der Waals surface area contributed by atoms with E-state index in [4.69, 9.17) is 4.74 Å². The zero-order valence-corrected chi connectivity index (χ0v) is 16.9. The lowest BCUT2D eigenvalue weighted by Gasteiger charge is -2.23. The van der Waals surface area contributed by atoms with Crippen molar-refractivity contribution in [1.29, 1.82) is 0 Å². The number of rotatable bonds is 8. The van der Waals surface area contributed by atoms with Gasteiger partial charge in [0.2, 0.25) is 10.0 Å². The minimum absolute atomic E-state index is 0.0795. The molecule has 0 saturated heterocycles. The first-order valence-electron chi connectivity index (χ1n) is 8.57. The van der Waals surface area contributed by atoms with Crippen molar-refractivity contribution in [2.24, 2.45) is 5.92 Å². The fraction of sp³-hybridized carbons (Fsp3) is 0.556. The fourth-order valence-corrected chi connectivity index (χ4v) is 3.61. The molecular formula is C18H28N2O5S. The van der Waals surface area contributed by atoms with Gasteiger partial charge in [-0.2, -0.15) is 4.72 Å². The summed E-state index contributed by atoms with van der Waals surface area (Å²) < 4.78 is 32.8. The van der Waals surface area contributed by atoms with Crippen LogP contribution >= 0.6 is 0 Å². The smallest absolute Gasteiger partial charge is 0.325 e. The third kappa shape index (κ3) is 5.81. The highest BCUT2D eigenvalue weighted by molar-refractivity contribution is 7.89. The molecule has 1 aromatic carbocycles. The van der Waals surface area contributed by atoms with Gasteiger partial charge in [-0.1, -0.05) is 19.9 Å². The van der Waals surface area contributed by atoms with Gasteiger partial charge in [-0.05, 0) is 56.9 Å². The van der Waals surface area contributed by atoms with Gasteiger partial charge in [-0.15, -0.1) is 0 Å². The molecule has 1 rings (SSSR count). The van der Waals surface area contributed by atoms with Gasteiger partial charge < -0.3 is 10.1 Å². The summed E-state index contributed by atoms with van der Waals surface area (Å²) in [5, 5.41) is 2.55. The maximum atomic E-state index is 12.6. The van der Waals surface area contributed by atoms with Gasteiger partial charge in [-0.3, -0.25) is 9.59 Å². The summed E-state index contributed by atoms with van der Waals surface area (Å²) in [5.41, 5.74) is 1.81. The molecule has 2 atom stereocenters. The van der Waals surface area contributed by atoms with Crippen LogP contribution in [0.2, 0.25) is 0 Å². The standard InChI is InChI=1S/C18H28N2O5S/c1-7-19-17(21)14(6)25-18(22)16(11(2)3)20-26(23,24)15-9-8-12(4)13(5)10-15/h8-11,14,16,20H,7H2,1-6H3,(H,19,21)/t14-,16+/m1/s1. The van der Waals surface area contributed by atoms with Crippen LogP contribution in [0.4, 0.5) is 0 Å². The highest BCUT2D eigenvalue weighted by Gasteiger charge is 2.31. The van der Waals surface area contributed by atoms with Gasteiger partial charge in [0.25, 0.3) is 5.91 Å². The van der Waals surface area contributed by atoms with Crippen LogP contribution in [0.25, 0.3) is 0 Å². The SMILES string of the molecule is CCNC(=O)[C@@H](C)OC(=O)[C@@H](NS(=O)(=O)c1ccc(C)c(C)c1)C(C)C. The summed E-state index contributed by atoms with van der Waals surface area (Å²) >= 11 is 0. The predicted octanol–water partition coefficient (Wildman–Crippen LogP) is 1.67. The Hall–Kier alpha value is -1.93. The van der Waals surface area contributed by atoms with Crippen LogP contribution in [-0.4, -0.2) is 39.0 Å². The number of sulfonamides is 1. The van der Waals surface area contributed by atoms with E-state index in [2.05, 4.69) is 10.0 Å². The van der Waals surface area contributed by atoms with E-state index in [9.17, 15) is 18.0 Å². The van der Waals surface area contributed by atoms with Crippen molar-refractivity contribution in [2.45, 2.75) is 58.6 Å². The van der Waals surface area contributed by atoms with Crippen LogP contribution in [0, 0.1) is 19.8 Å². The van der Waals surface area contributed by atoms with Crippen molar-refractivity contribution in [3.63, 3.8) is 0 Å². The van der Waals surface area contributed by atoms with E-state index in [1.807, 2.05) is 13.8 Å². The Balaban J connectivity index is 2.97. The number of amides is 1. The fourth-order valence-electron chi connectivity index (χ4n) is 2.19. The number of carbonyl (C=O) groups is 2. The minimum atomic E-state index is -3.91. The number of nitrogens with one attached hydrogen (secondary N) is 2. The van der Waals surface area contributed by atoms with E-state index in [0.29, 0.717) is 6.54 Å². The zero-order valence-electron chi connectivity index (χ0n) is 16.1. The number of carbonyl (C=O) groups excluding carboxylic acids is 2. The number of ether oxygens (including phenoxy) is 1. The molecule has 1 aromatic rings. The molecular weight excluding hydrogens is 356 g/mol. The molecule has 0 fully saturated rings. The van der Waals surface area contributed by atoms with Crippen molar-refractivity contribution in [1.82, 2.24) is 10.0 Å². The van der Waals surface area contributed by atoms with Crippen LogP contribution in [0.15, 0.2) is 23.1 Å². The Morgan fingerprint density at radius 1 is 1.12 bits per heavy atom. The van der Waals surface area contributed by atoms with Crippen molar-refractivity contribution in [3.05, 3.63) is 29.3 Å². The van der Waals surface area contributed by atoms with E-state index in [1.54, 1.807) is 32.9 Å². The average molecular weight is 384 g/mol. The van der Waals surface area contributed by atoms with Crippen LogP contribution in [-0.2, 0) is 24.3 Å². The Bertz CT molecular complexity index is 759. The normalized spacial score (nSPS) is 14.0. The Labute approximate surface area is 155 Å². The van der Waals surface area contributed by atoms with Gasteiger partial charge in [0.15, 0.2) is 6.10 Å². The van der Waals surface area contributed by atoms with Crippen molar-refractivity contribution in [2.75, 3.05) is 6.54 Å². The monoisotopic (exact) mass is 384 g/mol. The number of likely N-dealkylation sites (N-methyl/N-ethyl adjacent to an activating group) is 1. The highest BCUT2D eigenvalue weighted by Crippen LogP contribution is 2.17. The largest absolute Gasteiger partial charge is 0.451 e. The molecule has 26 heavy (non-hydrogen) atoms. The number of benzene rings is 1. The quantitative estimate of drug-likeness (QED) is 0.664. The lowest BCUT2D eigenvalue weighted by atomic mass is 10.1. The van der Waals surface area contributed by atoms with E-state index in [-0.39, 0.29) is 10.8 Å². The summed E-state index contributed by atoms with van der Waals surface area (Å²) in [7, 11) is -3.91. The van der Waals surface area contributed by atoms with Crippen molar-refractivity contribution in [3.8, 4) is 0 Å². The third-order valence-electron chi connectivity index (χ3n) is 4.00. The lowest BCUT2D eigenvalue weighted by Crippen LogP contribution is -2.47. The summed E-state index contributed by atoms with van der Waals surface area (Å²) in [5.74, 6) is -1.57. The van der Waals surface area contributed by atoms with E-state index in [0.717, 1.165) is 11.1 Å². The predicted molar refractivity (Wildman–Crippen MR) is 99.1 cm³/mol. The molecule has 0 aliphatic carbocycles. The molecule has 146 valence electrons. The molecule has 0 saturated carbocycles. The molecule has 0 radical (unpaired) electrons. The third-order valence-corrected chi connectivity index (χ3v) is 5.44. The molecule has 0 unspecified atom stereocenters. The van der Waals surface area contributed by atoms with Crippen LogP contribution in [0.3, 0.4) is 0 Å². The van der Waals surface area contributed by atoms with E-state index >= 15 is 0 Å². The van der Waals surface area contributed by atoms with Crippen LogP contribution in [0.1, 0.15) is 38.8 Å². The Morgan fingerprint density at radius 3 is 2.23 bits per heavy atom. The van der Waals surface area contributed by atoms with Gasteiger partial charge in [-0.25, -0.2) is 8.42 Å². The maximum Gasteiger partial charge on any atom is 0.325 e. The maximum absolute atomic E-state index is 12.6. The number of hydrogen-bond acceptors (Lipinski definition) is 5. The van der Waals surface area contributed by atoms with Gasteiger partial charge in [0.1, 0.15) is 6.04 Å². The molecule has 0 bridgehead atoms. The van der Waals surface area contributed by atoms with E-state index < -0.39 is 34.0 Å². The number of esters is 1. The molecule has 0 spiro atoms. The second-order valence-corrected chi connectivity index (χ2v) is 8.28. The average Bonchev–Trinajstić information content (AvgIpc) is 2.54. The second kappa shape index (κ2) is 9.14. The summed E-state index contributed by atoms with van der Waals surface area (Å²) in [6.45, 7) is 10.7. The second-order valence-electron chi connectivity index (χ2n) is 6.56. The first-order chi connectivity index (χ1) is 12.0. The lowest BCUT2D eigenvalue weighted by molar-refractivity contribution is -0.157. The van der Waals surface area contributed by atoms with Crippen molar-refractivity contribution >= 4 is 21.9 Å². The molecule has 2 N–H and O–H groups in total. The summed E-state index contributed by atoms with van der Waals surface area (Å²) in [6.07, 6.45) is -1.00. The molecule has 0 aliphatic heterocycles. The van der Waals surface area contributed by atoms with Crippen LogP contribution < -0.4 is 10.0 Å². The van der Waals surface area contributed by atoms with Crippen molar-refractivity contribution < 1.29 is 22.7 Å². The number of aryl methyl sites for hydroxylation is 2. The first kappa shape index (κ1) is 22.1. The molecule has 0 aliphatic rings.